The van der Waals surface area contributed by atoms with Crippen LogP contribution in [-0.4, -0.2) is 31.8 Å². The molecule has 0 aromatic heterocycles. The van der Waals surface area contributed by atoms with Gasteiger partial charge in [-0.2, -0.15) is 0 Å². The molecule has 106 valence electrons. The van der Waals surface area contributed by atoms with Gasteiger partial charge in [-0.3, -0.25) is 0 Å². The molecule has 3 heteroatoms. The molecule has 2 N–H and O–H groups in total. The van der Waals surface area contributed by atoms with Crippen molar-refractivity contribution in [1.29, 1.82) is 0 Å². The Morgan fingerprint density at radius 3 is 2.84 bits per heavy atom. The van der Waals surface area contributed by atoms with Gasteiger partial charge in [0.15, 0.2) is 0 Å². The zero-order valence-corrected chi connectivity index (χ0v) is 12.1. The second kappa shape index (κ2) is 6.92. The molecule has 1 aliphatic rings. The number of ether oxygens (including phenoxy) is 1. The van der Waals surface area contributed by atoms with Crippen molar-refractivity contribution in [3.8, 4) is 0 Å². The Bertz CT molecular complexity index is 386. The molecule has 0 amide bonds. The van der Waals surface area contributed by atoms with Crippen LogP contribution in [0.1, 0.15) is 32.3 Å². The first-order chi connectivity index (χ1) is 9.20. The van der Waals surface area contributed by atoms with Gasteiger partial charge in [-0.15, -0.1) is 0 Å². The normalized spacial score (nSPS) is 20.5. The zero-order valence-electron chi connectivity index (χ0n) is 12.1. The summed E-state index contributed by atoms with van der Waals surface area (Å²) in [5.74, 6) is 0. The molecule has 19 heavy (non-hydrogen) atoms. The third-order valence-corrected chi connectivity index (χ3v) is 3.70. The van der Waals surface area contributed by atoms with Crippen molar-refractivity contribution in [2.75, 3.05) is 24.6 Å². The van der Waals surface area contributed by atoms with E-state index in [0.717, 1.165) is 26.1 Å². The van der Waals surface area contributed by atoms with Gasteiger partial charge in [0.1, 0.15) is 0 Å². The maximum atomic E-state index is 5.96. The maximum absolute atomic E-state index is 5.96. The zero-order chi connectivity index (χ0) is 13.7. The van der Waals surface area contributed by atoms with Crippen molar-refractivity contribution in [1.82, 2.24) is 0 Å². The smallest absolute Gasteiger partial charge is 0.0750 e. The molecule has 3 nitrogen and oxygen atoms in total. The Hall–Kier alpha value is -1.06. The number of hydrogen-bond acceptors (Lipinski definition) is 3. The van der Waals surface area contributed by atoms with Crippen molar-refractivity contribution < 1.29 is 4.74 Å². The first-order valence-corrected chi connectivity index (χ1v) is 7.40. The van der Waals surface area contributed by atoms with Gasteiger partial charge >= 0.3 is 0 Å². The average Bonchev–Trinajstić information content (AvgIpc) is 2.89. The molecule has 1 aliphatic heterocycles. The molecule has 1 aromatic rings. The monoisotopic (exact) mass is 262 g/mol. The summed E-state index contributed by atoms with van der Waals surface area (Å²) in [4.78, 5) is 2.42. The lowest BCUT2D eigenvalue weighted by molar-refractivity contribution is 0.115. The van der Waals surface area contributed by atoms with Crippen LogP contribution in [0.3, 0.4) is 0 Å². The fraction of sp³-hybridized carbons (Fsp3) is 0.625. The van der Waals surface area contributed by atoms with Gasteiger partial charge in [-0.25, -0.2) is 0 Å². The van der Waals surface area contributed by atoms with Gasteiger partial charge in [-0.05, 0) is 44.7 Å². The fourth-order valence-corrected chi connectivity index (χ4v) is 2.77. The highest BCUT2D eigenvalue weighted by atomic mass is 16.5. The summed E-state index contributed by atoms with van der Waals surface area (Å²) in [6.07, 6.45) is 3.71. The molecule has 2 rings (SSSR count). The number of para-hydroxylation sites is 1. The lowest BCUT2D eigenvalue weighted by Gasteiger charge is -2.28. The van der Waals surface area contributed by atoms with Crippen molar-refractivity contribution in [2.45, 2.75) is 45.3 Å². The van der Waals surface area contributed by atoms with Crippen molar-refractivity contribution >= 4 is 5.69 Å². The van der Waals surface area contributed by atoms with E-state index in [9.17, 15) is 0 Å². The van der Waals surface area contributed by atoms with Crippen LogP contribution in [0.4, 0.5) is 5.69 Å². The van der Waals surface area contributed by atoms with Crippen molar-refractivity contribution in [3.05, 3.63) is 29.8 Å². The van der Waals surface area contributed by atoms with Gasteiger partial charge in [0.05, 0.1) is 6.10 Å². The molecule has 2 unspecified atom stereocenters. The first kappa shape index (κ1) is 14.4. The van der Waals surface area contributed by atoms with E-state index in [1.165, 1.54) is 24.1 Å². The lowest BCUT2D eigenvalue weighted by Crippen LogP contribution is -2.33. The Kier molecular flexibility index (Phi) is 5.23. The number of nitrogens with two attached hydrogens (primary N) is 1. The van der Waals surface area contributed by atoms with E-state index in [1.807, 2.05) is 0 Å². The number of nitrogens with zero attached hydrogens (tertiary/aromatic N) is 1. The van der Waals surface area contributed by atoms with E-state index in [4.69, 9.17) is 10.5 Å². The third kappa shape index (κ3) is 3.95. The highest BCUT2D eigenvalue weighted by Gasteiger charge is 2.20. The number of benzene rings is 1. The van der Waals surface area contributed by atoms with Crippen LogP contribution in [0, 0.1) is 0 Å². The van der Waals surface area contributed by atoms with Gasteiger partial charge in [0, 0.05) is 31.4 Å². The summed E-state index contributed by atoms with van der Waals surface area (Å²) in [7, 11) is 0. The highest BCUT2D eigenvalue weighted by molar-refractivity contribution is 5.54. The summed E-state index contributed by atoms with van der Waals surface area (Å²) in [5.41, 5.74) is 8.62. The minimum atomic E-state index is 0.197. The second-order valence-electron chi connectivity index (χ2n) is 5.48. The Morgan fingerprint density at radius 1 is 1.42 bits per heavy atom. The van der Waals surface area contributed by atoms with Crippen LogP contribution in [0.5, 0.6) is 0 Å². The molecule has 0 spiro atoms. The molecule has 1 heterocycles. The molecule has 2 atom stereocenters. The molecule has 0 saturated carbocycles. The molecular formula is C16H26N2O. The van der Waals surface area contributed by atoms with E-state index in [0.29, 0.717) is 6.10 Å². The predicted octanol–water partition coefficient (Wildman–Crippen LogP) is 2.58. The van der Waals surface area contributed by atoms with E-state index in [2.05, 4.69) is 43.0 Å². The highest BCUT2D eigenvalue weighted by Crippen LogP contribution is 2.24. The number of anilines is 1. The van der Waals surface area contributed by atoms with Crippen LogP contribution >= 0.6 is 0 Å². The molecule has 0 bridgehead atoms. The van der Waals surface area contributed by atoms with Crippen LogP contribution < -0.4 is 10.6 Å². The molecule has 0 radical (unpaired) electrons. The van der Waals surface area contributed by atoms with Crippen LogP contribution in [0.25, 0.3) is 0 Å². The predicted molar refractivity (Wildman–Crippen MR) is 80.7 cm³/mol. The summed E-state index contributed by atoms with van der Waals surface area (Å²) < 4.78 is 5.76. The minimum Gasteiger partial charge on any atom is -0.376 e. The summed E-state index contributed by atoms with van der Waals surface area (Å²) in [6, 6.07) is 8.80. The maximum Gasteiger partial charge on any atom is 0.0750 e. The Labute approximate surface area is 116 Å². The molecule has 1 fully saturated rings. The number of hydrogen-bond donors (Lipinski definition) is 1. The summed E-state index contributed by atoms with van der Waals surface area (Å²) in [5, 5.41) is 0. The van der Waals surface area contributed by atoms with E-state index in [1.54, 1.807) is 0 Å². The van der Waals surface area contributed by atoms with Gasteiger partial charge in [-0.1, -0.05) is 18.2 Å². The lowest BCUT2D eigenvalue weighted by atomic mass is 10.0. The van der Waals surface area contributed by atoms with E-state index in [-0.39, 0.29) is 6.04 Å². The first-order valence-electron chi connectivity index (χ1n) is 7.40. The summed E-state index contributed by atoms with van der Waals surface area (Å²) >= 11 is 0. The molecule has 1 aromatic carbocycles. The van der Waals surface area contributed by atoms with Gasteiger partial charge < -0.3 is 15.4 Å². The van der Waals surface area contributed by atoms with Crippen LogP contribution in [0.15, 0.2) is 24.3 Å². The van der Waals surface area contributed by atoms with Crippen molar-refractivity contribution in [2.24, 2.45) is 5.73 Å². The van der Waals surface area contributed by atoms with E-state index < -0.39 is 0 Å². The molecular weight excluding hydrogens is 236 g/mol. The largest absolute Gasteiger partial charge is 0.376 e. The van der Waals surface area contributed by atoms with Gasteiger partial charge in [0.25, 0.3) is 0 Å². The summed E-state index contributed by atoms with van der Waals surface area (Å²) in [6.45, 7) is 7.19. The SMILES string of the molecule is CCN(CC1CCCO1)c1ccccc1CC(C)N. The van der Waals surface area contributed by atoms with Crippen LogP contribution in [0.2, 0.25) is 0 Å². The standard InChI is InChI=1S/C16H26N2O/c1-3-18(12-15-8-6-10-19-15)16-9-5-4-7-14(16)11-13(2)17/h4-5,7,9,13,15H,3,6,8,10-12,17H2,1-2H3. The average molecular weight is 262 g/mol. The van der Waals surface area contributed by atoms with Crippen molar-refractivity contribution in [3.63, 3.8) is 0 Å². The quantitative estimate of drug-likeness (QED) is 0.856. The third-order valence-electron chi connectivity index (χ3n) is 3.70. The minimum absolute atomic E-state index is 0.197. The topological polar surface area (TPSA) is 38.5 Å². The van der Waals surface area contributed by atoms with Gasteiger partial charge in [0.2, 0.25) is 0 Å². The van der Waals surface area contributed by atoms with E-state index >= 15 is 0 Å². The Balaban J connectivity index is 2.12. The number of rotatable bonds is 6. The molecule has 1 saturated heterocycles. The van der Waals surface area contributed by atoms with Crippen LogP contribution in [-0.2, 0) is 11.2 Å². The second-order valence-corrected chi connectivity index (χ2v) is 5.48. The Morgan fingerprint density at radius 2 is 2.21 bits per heavy atom. The molecule has 0 aliphatic carbocycles. The fourth-order valence-electron chi connectivity index (χ4n) is 2.77. The number of likely N-dealkylation sites (N-methyl/N-ethyl adjacent to an activating group) is 1.